The summed E-state index contributed by atoms with van der Waals surface area (Å²) >= 11 is 4.06. The van der Waals surface area contributed by atoms with Crippen molar-refractivity contribution in [2.45, 2.75) is 6.92 Å². The molecule has 0 unspecified atom stereocenters. The maximum atomic E-state index is 10.6. The summed E-state index contributed by atoms with van der Waals surface area (Å²) in [4.78, 5) is 12.5. The SMILES string of the molecule is CN/C=C\N(CS)CC(C)=O. The number of hydrogen-bond acceptors (Lipinski definition) is 4. The Bertz CT molecular complexity index is 147. The average molecular weight is 174 g/mol. The van der Waals surface area contributed by atoms with E-state index in [4.69, 9.17) is 0 Å². The second-order valence-corrected chi connectivity index (χ2v) is 2.48. The molecule has 11 heavy (non-hydrogen) atoms. The second kappa shape index (κ2) is 6.09. The fraction of sp³-hybridized carbons (Fsp3) is 0.571. The van der Waals surface area contributed by atoms with Gasteiger partial charge in [0.25, 0.3) is 0 Å². The summed E-state index contributed by atoms with van der Waals surface area (Å²) < 4.78 is 0. The van der Waals surface area contributed by atoms with Crippen LogP contribution in [0.15, 0.2) is 12.4 Å². The minimum absolute atomic E-state index is 0.139. The molecule has 0 atom stereocenters. The van der Waals surface area contributed by atoms with Crippen LogP contribution in [0.5, 0.6) is 0 Å². The first-order valence-corrected chi connectivity index (χ1v) is 4.02. The van der Waals surface area contributed by atoms with E-state index in [1.54, 1.807) is 26.4 Å². The standard InChI is InChI=1S/C7H14N2OS/c1-7(10)5-9(6-11)4-3-8-2/h3-4,8,11H,5-6H2,1-2H3/b4-3-. The molecule has 0 aromatic heterocycles. The first-order chi connectivity index (χ1) is 5.20. The van der Waals surface area contributed by atoms with Crippen LogP contribution in [0, 0.1) is 0 Å². The normalized spacial score (nSPS) is 10.1. The van der Waals surface area contributed by atoms with E-state index in [-0.39, 0.29) is 5.78 Å². The van der Waals surface area contributed by atoms with Gasteiger partial charge in [-0.15, -0.1) is 0 Å². The van der Waals surface area contributed by atoms with Crippen molar-refractivity contribution in [1.82, 2.24) is 10.2 Å². The van der Waals surface area contributed by atoms with Gasteiger partial charge in [0.05, 0.1) is 12.4 Å². The third-order valence-corrected chi connectivity index (χ3v) is 1.42. The van der Waals surface area contributed by atoms with Crippen molar-refractivity contribution < 1.29 is 4.79 Å². The summed E-state index contributed by atoms with van der Waals surface area (Å²) in [7, 11) is 1.81. The molecule has 0 aliphatic carbocycles. The zero-order valence-corrected chi connectivity index (χ0v) is 7.77. The van der Waals surface area contributed by atoms with Gasteiger partial charge in [0.15, 0.2) is 0 Å². The van der Waals surface area contributed by atoms with Crippen LogP contribution < -0.4 is 5.32 Å². The number of rotatable bonds is 5. The van der Waals surface area contributed by atoms with Crippen LogP contribution in [0.25, 0.3) is 0 Å². The molecular formula is C7H14N2OS. The molecule has 0 fully saturated rings. The number of carbonyl (C=O) groups excluding carboxylic acids is 1. The van der Waals surface area contributed by atoms with Gasteiger partial charge < -0.3 is 10.2 Å². The molecule has 0 saturated heterocycles. The second-order valence-electron chi connectivity index (χ2n) is 2.19. The van der Waals surface area contributed by atoms with E-state index in [1.165, 1.54) is 0 Å². The average Bonchev–Trinajstić information content (AvgIpc) is 1.97. The molecular weight excluding hydrogens is 160 g/mol. The van der Waals surface area contributed by atoms with E-state index < -0.39 is 0 Å². The predicted octanol–water partition coefficient (Wildman–Crippen LogP) is 0.455. The molecule has 0 aliphatic rings. The van der Waals surface area contributed by atoms with Crippen molar-refractivity contribution in [1.29, 1.82) is 0 Å². The number of thiol groups is 1. The van der Waals surface area contributed by atoms with Gasteiger partial charge in [-0.1, -0.05) is 0 Å². The lowest BCUT2D eigenvalue weighted by Crippen LogP contribution is -2.22. The van der Waals surface area contributed by atoms with Crippen molar-refractivity contribution in [3.63, 3.8) is 0 Å². The first-order valence-electron chi connectivity index (χ1n) is 3.39. The first kappa shape index (κ1) is 10.4. The molecule has 0 spiro atoms. The van der Waals surface area contributed by atoms with Crippen LogP contribution in [0.4, 0.5) is 0 Å². The molecule has 0 heterocycles. The Balaban J connectivity index is 3.75. The third-order valence-electron chi connectivity index (χ3n) is 1.06. The van der Waals surface area contributed by atoms with Crippen molar-refractivity contribution >= 4 is 18.4 Å². The van der Waals surface area contributed by atoms with Gasteiger partial charge in [0.2, 0.25) is 0 Å². The minimum atomic E-state index is 0.139. The summed E-state index contributed by atoms with van der Waals surface area (Å²) in [6.07, 6.45) is 3.56. The topological polar surface area (TPSA) is 32.3 Å². The minimum Gasteiger partial charge on any atom is -0.393 e. The number of Topliss-reactive ketones (excluding diaryl/α,β-unsaturated/α-hetero) is 1. The molecule has 3 nitrogen and oxygen atoms in total. The van der Waals surface area contributed by atoms with Crippen LogP contribution in [-0.4, -0.2) is 30.2 Å². The third kappa shape index (κ3) is 5.79. The number of nitrogens with zero attached hydrogens (tertiary/aromatic N) is 1. The molecule has 64 valence electrons. The van der Waals surface area contributed by atoms with Crippen LogP contribution in [0.1, 0.15) is 6.92 Å². The molecule has 1 N–H and O–H groups in total. The smallest absolute Gasteiger partial charge is 0.149 e. The highest BCUT2D eigenvalue weighted by Gasteiger charge is 1.98. The highest BCUT2D eigenvalue weighted by atomic mass is 32.1. The molecule has 0 bridgehead atoms. The Morgan fingerprint density at radius 2 is 2.36 bits per heavy atom. The lowest BCUT2D eigenvalue weighted by atomic mass is 10.4. The Hall–Kier alpha value is -0.640. The zero-order chi connectivity index (χ0) is 8.69. The van der Waals surface area contributed by atoms with Gasteiger partial charge in [0.1, 0.15) is 5.78 Å². The van der Waals surface area contributed by atoms with Crippen LogP contribution >= 0.6 is 12.6 Å². The van der Waals surface area contributed by atoms with E-state index in [1.807, 2.05) is 4.90 Å². The molecule has 4 heteroatoms. The van der Waals surface area contributed by atoms with E-state index in [0.717, 1.165) is 0 Å². The molecule has 0 radical (unpaired) electrons. The summed E-state index contributed by atoms with van der Waals surface area (Å²) in [5.74, 6) is 0.692. The van der Waals surface area contributed by atoms with Gasteiger partial charge in [-0.25, -0.2) is 0 Å². The fourth-order valence-corrected chi connectivity index (χ4v) is 0.810. The Morgan fingerprint density at radius 1 is 1.73 bits per heavy atom. The maximum absolute atomic E-state index is 10.6. The lowest BCUT2D eigenvalue weighted by Gasteiger charge is -2.14. The number of hydrogen-bond donors (Lipinski definition) is 2. The van der Waals surface area contributed by atoms with Gasteiger partial charge in [0, 0.05) is 19.4 Å². The summed E-state index contributed by atoms with van der Waals surface area (Å²) in [6, 6.07) is 0. The van der Waals surface area contributed by atoms with Crippen molar-refractivity contribution in [2.75, 3.05) is 19.5 Å². The monoisotopic (exact) mass is 174 g/mol. The quantitative estimate of drug-likeness (QED) is 0.469. The molecule has 0 aromatic rings. The van der Waals surface area contributed by atoms with E-state index in [0.29, 0.717) is 12.4 Å². The van der Waals surface area contributed by atoms with Crippen molar-refractivity contribution in [3.05, 3.63) is 12.4 Å². The molecule has 0 amide bonds. The molecule has 0 aromatic carbocycles. The maximum Gasteiger partial charge on any atom is 0.149 e. The Morgan fingerprint density at radius 3 is 2.73 bits per heavy atom. The van der Waals surface area contributed by atoms with Crippen molar-refractivity contribution in [2.24, 2.45) is 0 Å². The Labute approximate surface area is 72.9 Å². The fourth-order valence-electron chi connectivity index (χ4n) is 0.616. The molecule has 0 saturated carbocycles. The predicted molar refractivity (Wildman–Crippen MR) is 49.4 cm³/mol. The number of carbonyl (C=O) groups is 1. The van der Waals surface area contributed by atoms with E-state index in [9.17, 15) is 4.79 Å². The highest BCUT2D eigenvalue weighted by molar-refractivity contribution is 7.80. The van der Waals surface area contributed by atoms with Crippen LogP contribution in [-0.2, 0) is 4.79 Å². The van der Waals surface area contributed by atoms with Gasteiger partial charge in [-0.3, -0.25) is 4.79 Å². The summed E-state index contributed by atoms with van der Waals surface area (Å²) in [5.41, 5.74) is 0. The lowest BCUT2D eigenvalue weighted by molar-refractivity contribution is -0.117. The van der Waals surface area contributed by atoms with Crippen LogP contribution in [0.3, 0.4) is 0 Å². The van der Waals surface area contributed by atoms with Gasteiger partial charge in [-0.05, 0) is 6.92 Å². The number of nitrogens with one attached hydrogen (secondary N) is 1. The van der Waals surface area contributed by atoms with Crippen LogP contribution in [0.2, 0.25) is 0 Å². The Kier molecular flexibility index (Phi) is 5.74. The largest absolute Gasteiger partial charge is 0.393 e. The number of ketones is 1. The molecule has 0 rings (SSSR count). The highest BCUT2D eigenvalue weighted by Crippen LogP contribution is 1.91. The van der Waals surface area contributed by atoms with Gasteiger partial charge in [-0.2, -0.15) is 12.6 Å². The summed E-state index contributed by atoms with van der Waals surface area (Å²) in [5, 5.41) is 2.84. The van der Waals surface area contributed by atoms with Crippen molar-refractivity contribution in [3.8, 4) is 0 Å². The zero-order valence-electron chi connectivity index (χ0n) is 6.87. The van der Waals surface area contributed by atoms with Gasteiger partial charge >= 0.3 is 0 Å². The summed E-state index contributed by atoms with van der Waals surface area (Å²) in [6.45, 7) is 1.98. The van der Waals surface area contributed by atoms with E-state index >= 15 is 0 Å². The molecule has 0 aliphatic heterocycles. The van der Waals surface area contributed by atoms with E-state index in [2.05, 4.69) is 17.9 Å².